The van der Waals surface area contributed by atoms with Crippen LogP contribution in [-0.4, -0.2) is 20.9 Å². The quantitative estimate of drug-likeness (QED) is 0.766. The summed E-state index contributed by atoms with van der Waals surface area (Å²) in [5.41, 5.74) is 1.59. The highest BCUT2D eigenvalue weighted by molar-refractivity contribution is 7.16. The summed E-state index contributed by atoms with van der Waals surface area (Å²) in [5, 5.41) is 12.4. The molecule has 0 fully saturated rings. The van der Waals surface area contributed by atoms with Gasteiger partial charge in [0.05, 0.1) is 10.4 Å². The van der Waals surface area contributed by atoms with Crippen LogP contribution in [0.25, 0.3) is 10.9 Å². The molecule has 7 heteroatoms. The fourth-order valence-corrected chi connectivity index (χ4v) is 4.59. The van der Waals surface area contributed by atoms with Gasteiger partial charge in [-0.15, -0.1) is 16.4 Å². The molecule has 0 unspecified atom stereocenters. The molecule has 3 aromatic rings. The van der Waals surface area contributed by atoms with Crippen LogP contribution in [0, 0.1) is 0 Å². The summed E-state index contributed by atoms with van der Waals surface area (Å²) < 4.78 is 1.20. The molecule has 1 aromatic carbocycles. The van der Waals surface area contributed by atoms with Crippen LogP contribution in [0.15, 0.2) is 35.1 Å². The fourth-order valence-electron chi connectivity index (χ4n) is 3.43. The van der Waals surface area contributed by atoms with Crippen LogP contribution >= 0.6 is 11.3 Å². The van der Waals surface area contributed by atoms with E-state index in [1.165, 1.54) is 28.0 Å². The number of anilines is 1. The van der Waals surface area contributed by atoms with E-state index >= 15 is 0 Å². The zero-order valence-electron chi connectivity index (χ0n) is 14.6. The lowest BCUT2D eigenvalue weighted by Gasteiger charge is -2.15. The Morgan fingerprint density at radius 2 is 2.12 bits per heavy atom. The number of rotatable bonds is 4. The Labute approximate surface area is 154 Å². The van der Waals surface area contributed by atoms with E-state index in [1.807, 2.05) is 13.0 Å². The minimum atomic E-state index is -0.682. The number of nitrogens with zero attached hydrogens (tertiary/aromatic N) is 3. The van der Waals surface area contributed by atoms with Gasteiger partial charge in [-0.25, -0.2) is 0 Å². The first-order valence-corrected chi connectivity index (χ1v) is 9.75. The predicted octanol–water partition coefficient (Wildman–Crippen LogP) is 3.32. The number of nitrogens with one attached hydrogen (secondary N) is 1. The van der Waals surface area contributed by atoms with Crippen LogP contribution in [0.4, 0.5) is 5.00 Å². The van der Waals surface area contributed by atoms with Crippen LogP contribution in [0.2, 0.25) is 0 Å². The second-order valence-electron chi connectivity index (χ2n) is 6.54. The highest BCUT2D eigenvalue weighted by Crippen LogP contribution is 2.33. The van der Waals surface area contributed by atoms with Crippen molar-refractivity contribution in [1.29, 1.82) is 0 Å². The first kappa shape index (κ1) is 16.9. The van der Waals surface area contributed by atoms with Gasteiger partial charge >= 0.3 is 0 Å². The van der Waals surface area contributed by atoms with Crippen molar-refractivity contribution >= 4 is 33.1 Å². The van der Waals surface area contributed by atoms with Gasteiger partial charge in [0, 0.05) is 4.88 Å². The number of thiophene rings is 1. The molecule has 0 bridgehead atoms. The van der Waals surface area contributed by atoms with E-state index in [4.69, 9.17) is 0 Å². The molecule has 0 saturated heterocycles. The molecule has 1 aliphatic rings. The van der Waals surface area contributed by atoms with Crippen LogP contribution < -0.4 is 10.9 Å². The molecule has 1 atom stereocenters. The Kier molecular flexibility index (Phi) is 4.55. The number of amides is 1. The Bertz CT molecular complexity index is 1000. The molecule has 0 spiro atoms. The van der Waals surface area contributed by atoms with E-state index < -0.39 is 6.04 Å². The van der Waals surface area contributed by atoms with Gasteiger partial charge in [-0.05, 0) is 55.9 Å². The smallest absolute Gasteiger partial charge is 0.278 e. The third-order valence-corrected chi connectivity index (χ3v) is 5.97. The van der Waals surface area contributed by atoms with Crippen molar-refractivity contribution in [2.75, 3.05) is 5.32 Å². The highest BCUT2D eigenvalue weighted by atomic mass is 32.1. The van der Waals surface area contributed by atoms with Crippen LogP contribution in [0.5, 0.6) is 0 Å². The van der Waals surface area contributed by atoms with Gasteiger partial charge in [0.25, 0.3) is 5.56 Å². The molecule has 2 heterocycles. The number of fused-ring (bicyclic) bond motifs is 2. The molecule has 1 N–H and O–H groups in total. The lowest BCUT2D eigenvalue weighted by Crippen LogP contribution is -2.35. The minimum Gasteiger partial charge on any atom is -0.316 e. The number of aromatic nitrogens is 3. The normalized spacial score (nSPS) is 14.8. The third kappa shape index (κ3) is 3.03. The van der Waals surface area contributed by atoms with E-state index in [0.29, 0.717) is 17.3 Å². The number of benzene rings is 1. The Hall–Kier alpha value is -2.54. The Morgan fingerprint density at radius 1 is 1.31 bits per heavy atom. The maximum absolute atomic E-state index is 12.8. The summed E-state index contributed by atoms with van der Waals surface area (Å²) in [4.78, 5) is 26.9. The van der Waals surface area contributed by atoms with Crippen molar-refractivity contribution in [2.24, 2.45) is 0 Å². The topological polar surface area (TPSA) is 76.9 Å². The number of hydrogen-bond donors (Lipinski definition) is 1. The van der Waals surface area contributed by atoms with Gasteiger partial charge in [-0.2, -0.15) is 4.68 Å². The average molecular weight is 368 g/mol. The maximum Gasteiger partial charge on any atom is 0.278 e. The summed E-state index contributed by atoms with van der Waals surface area (Å²) in [6.07, 6.45) is 5.04. The summed E-state index contributed by atoms with van der Waals surface area (Å²) in [6.45, 7) is 1.87. The second kappa shape index (κ2) is 6.99. The Morgan fingerprint density at radius 3 is 2.92 bits per heavy atom. The molecular formula is C19H20N4O2S. The number of carbonyl (C=O) groups excluding carboxylic acids is 1. The molecule has 0 saturated carbocycles. The lowest BCUT2D eigenvalue weighted by molar-refractivity contribution is -0.119. The minimum absolute atomic E-state index is 0.224. The summed E-state index contributed by atoms with van der Waals surface area (Å²) >= 11 is 1.64. The highest BCUT2D eigenvalue weighted by Gasteiger charge is 2.23. The van der Waals surface area contributed by atoms with Gasteiger partial charge in [-0.1, -0.05) is 24.3 Å². The fraction of sp³-hybridized carbons (Fsp3) is 0.368. The molecule has 1 amide bonds. The van der Waals surface area contributed by atoms with E-state index in [-0.39, 0.29) is 11.5 Å². The monoisotopic (exact) mass is 368 g/mol. The molecule has 0 aliphatic heterocycles. The molecule has 1 aliphatic carbocycles. The first-order chi connectivity index (χ1) is 12.7. The van der Waals surface area contributed by atoms with Crippen LogP contribution in [0.3, 0.4) is 0 Å². The first-order valence-electron chi connectivity index (χ1n) is 8.94. The summed E-state index contributed by atoms with van der Waals surface area (Å²) in [6, 6.07) is 8.43. The SMILES string of the molecule is CC[C@H](C(=O)Nc1cc2c(s1)CCCC2)n1nnc2ccccc2c1=O. The molecule has 26 heavy (non-hydrogen) atoms. The standard InChI is InChI=1S/C19H20N4O2S/c1-2-15(23-19(25)13-8-4-5-9-14(13)21-22-23)18(24)20-17-11-12-7-3-6-10-16(12)26-17/h4-5,8-9,11,15H,2-3,6-7,10H2,1H3,(H,20,24)/t15-/m1/s1. The molecule has 6 nitrogen and oxygen atoms in total. The predicted molar refractivity (Wildman–Crippen MR) is 103 cm³/mol. The van der Waals surface area contributed by atoms with Crippen molar-refractivity contribution in [2.45, 2.75) is 45.1 Å². The van der Waals surface area contributed by atoms with Crippen molar-refractivity contribution in [3.8, 4) is 0 Å². The van der Waals surface area contributed by atoms with Crippen molar-refractivity contribution in [3.63, 3.8) is 0 Å². The number of hydrogen-bond acceptors (Lipinski definition) is 5. The van der Waals surface area contributed by atoms with Crippen molar-refractivity contribution in [1.82, 2.24) is 15.0 Å². The van der Waals surface area contributed by atoms with E-state index in [0.717, 1.165) is 17.8 Å². The van der Waals surface area contributed by atoms with E-state index in [9.17, 15) is 9.59 Å². The second-order valence-corrected chi connectivity index (χ2v) is 7.67. The molecule has 4 rings (SSSR count). The summed E-state index contributed by atoms with van der Waals surface area (Å²) in [5.74, 6) is -0.224. The molecule has 2 aromatic heterocycles. The Balaban J connectivity index is 1.62. The number of carbonyl (C=O) groups is 1. The van der Waals surface area contributed by atoms with Gasteiger partial charge < -0.3 is 5.32 Å². The van der Waals surface area contributed by atoms with E-state index in [1.54, 1.807) is 29.5 Å². The number of aryl methyl sites for hydroxylation is 2. The zero-order chi connectivity index (χ0) is 18.1. The van der Waals surface area contributed by atoms with E-state index in [2.05, 4.69) is 21.7 Å². The summed E-state index contributed by atoms with van der Waals surface area (Å²) in [7, 11) is 0. The van der Waals surface area contributed by atoms with Crippen LogP contribution in [0.1, 0.15) is 42.7 Å². The van der Waals surface area contributed by atoms with Crippen molar-refractivity contribution < 1.29 is 4.79 Å². The van der Waals surface area contributed by atoms with Crippen molar-refractivity contribution in [3.05, 3.63) is 51.1 Å². The molecule has 0 radical (unpaired) electrons. The lowest BCUT2D eigenvalue weighted by atomic mass is 10.00. The molecule has 134 valence electrons. The molecular weight excluding hydrogens is 348 g/mol. The van der Waals surface area contributed by atoms with Gasteiger partial charge in [0.2, 0.25) is 5.91 Å². The van der Waals surface area contributed by atoms with Crippen LogP contribution in [-0.2, 0) is 17.6 Å². The third-order valence-electron chi connectivity index (χ3n) is 4.82. The van der Waals surface area contributed by atoms with Gasteiger partial charge in [0.1, 0.15) is 11.6 Å². The van der Waals surface area contributed by atoms with Gasteiger partial charge in [-0.3, -0.25) is 9.59 Å². The zero-order valence-corrected chi connectivity index (χ0v) is 15.4. The maximum atomic E-state index is 12.8. The van der Waals surface area contributed by atoms with Gasteiger partial charge in [0.15, 0.2) is 0 Å². The average Bonchev–Trinajstić information content (AvgIpc) is 3.06. The largest absolute Gasteiger partial charge is 0.316 e.